The van der Waals surface area contributed by atoms with Gasteiger partial charge < -0.3 is 4.79 Å². The van der Waals surface area contributed by atoms with Crippen molar-refractivity contribution in [3.8, 4) is 0 Å². The van der Waals surface area contributed by atoms with Crippen LogP contribution < -0.4 is 0 Å². The first kappa shape index (κ1) is 85.1. The lowest BCUT2D eigenvalue weighted by Crippen LogP contribution is -2.34. The standard InChI is InChI=1S/C53H88O.C11H22.C3H6.2C2H6.2C2H4.CH4/c1-15-47(11)53(14,39-49(13)54)48(12)31-23-19-21-28-40(4)27-20-18-22-29-41(5)35-43(7)45(9)37-52(17-3)46(10)36-44(8)42(6)30-24-25-32-51-34-26-33-50(16-2)38-51;1-5-7-8-9-11(4)10(3)6-2;1-2-3-1;4*1-2;/h16-18,20,22,27,29,36,41,43-44,47-48,50-52H,2-3,6,9,15,19,21,23-26,28,30-35,37-39H2,1,4-5,7-8,10-14H3;11H,3,5-9H2,1-2,4H3;1-3H2;2*1-2H3;2*1-2H2;1H4/b20-18+,29-22?,40-27+,46-36+;;;;;;;. The van der Waals surface area contributed by atoms with Gasteiger partial charge in [0.25, 0.3) is 0 Å². The van der Waals surface area contributed by atoms with Crippen molar-refractivity contribution in [2.75, 3.05) is 0 Å². The van der Waals surface area contributed by atoms with Crippen LogP contribution in [0, 0.1) is 58.7 Å². The van der Waals surface area contributed by atoms with Crippen LogP contribution in [0.3, 0.4) is 0 Å². The maximum absolute atomic E-state index is 12.0. The summed E-state index contributed by atoms with van der Waals surface area (Å²) in [5, 5.41) is 0. The number of ketones is 1. The van der Waals surface area contributed by atoms with E-state index in [0.29, 0.717) is 47.7 Å². The topological polar surface area (TPSA) is 17.1 Å². The first-order chi connectivity index (χ1) is 36.3. The minimum absolute atomic E-state index is 0. The van der Waals surface area contributed by atoms with Gasteiger partial charge in [0.2, 0.25) is 0 Å². The molecule has 2 rings (SSSR count). The van der Waals surface area contributed by atoms with E-state index in [1.165, 1.54) is 143 Å². The van der Waals surface area contributed by atoms with E-state index >= 15 is 0 Å². The maximum atomic E-state index is 12.0. The molecule has 0 aliphatic heterocycles. The summed E-state index contributed by atoms with van der Waals surface area (Å²) < 4.78 is 0. The van der Waals surface area contributed by atoms with Gasteiger partial charge in [-0.1, -0.05) is 290 Å². The molecule has 0 amide bonds. The van der Waals surface area contributed by atoms with Gasteiger partial charge in [-0.2, -0.15) is 0 Å². The molecule has 77 heavy (non-hydrogen) atoms. The number of Topliss-reactive ketones (excluding diaryl/α,β-unsaturated/α-hetero) is 1. The highest BCUT2D eigenvalue weighted by Crippen LogP contribution is 2.43. The van der Waals surface area contributed by atoms with Crippen LogP contribution in [-0.4, -0.2) is 5.78 Å². The summed E-state index contributed by atoms with van der Waals surface area (Å²) in [6, 6.07) is 0. The quantitative estimate of drug-likeness (QED) is 0.0351. The molecular formula is C76H140O. The second-order valence-corrected chi connectivity index (χ2v) is 22.9. The monoisotopic (exact) mass is 1070 g/mol. The second-order valence-electron chi connectivity index (χ2n) is 22.9. The largest absolute Gasteiger partial charge is 0.300 e. The van der Waals surface area contributed by atoms with Crippen LogP contribution in [0.25, 0.3) is 0 Å². The third-order valence-electron chi connectivity index (χ3n) is 16.4. The van der Waals surface area contributed by atoms with Crippen LogP contribution in [0.15, 0.2) is 136 Å². The van der Waals surface area contributed by atoms with Gasteiger partial charge in [-0.15, -0.1) is 39.5 Å². The Kier molecular flexibility index (Phi) is 63.5. The Morgan fingerprint density at radius 3 is 1.77 bits per heavy atom. The molecule has 0 saturated heterocycles. The number of unbranched alkanes of at least 4 members (excludes halogenated alkanes) is 5. The predicted octanol–water partition coefficient (Wildman–Crippen LogP) is 26.4. The van der Waals surface area contributed by atoms with E-state index < -0.39 is 0 Å². The van der Waals surface area contributed by atoms with E-state index in [2.05, 4.69) is 191 Å². The van der Waals surface area contributed by atoms with E-state index in [4.69, 9.17) is 0 Å². The Hall–Kier alpha value is -3.19. The van der Waals surface area contributed by atoms with Crippen LogP contribution in [0.5, 0.6) is 0 Å². The molecular weight excluding hydrogens is 929 g/mol. The molecule has 1 heteroatoms. The van der Waals surface area contributed by atoms with Gasteiger partial charge in [0.05, 0.1) is 0 Å². The highest BCUT2D eigenvalue weighted by molar-refractivity contribution is 5.76. The van der Waals surface area contributed by atoms with E-state index in [-0.39, 0.29) is 12.8 Å². The highest BCUT2D eigenvalue weighted by atomic mass is 16.1. The summed E-state index contributed by atoms with van der Waals surface area (Å²) in [4.78, 5) is 12.0. The number of hydrogen-bond donors (Lipinski definition) is 0. The minimum Gasteiger partial charge on any atom is -0.300 e. The SMILES string of the molecule is C.C1CC1.C=C.C=C.C=C(CC)C(C)CCCCC.C=CC1CCCC(CCCCC(=C)C(C)/C=C(\C)C(C=C)CC(=C)C(C)CC(C)C=C/C=C/C=C(\C)CCCCCC(C)C(C)(CC(C)=O)C(C)CC)C1.CC.CC. The average Bonchev–Trinajstić information content (AvgIpc) is 4.33. The van der Waals surface area contributed by atoms with Gasteiger partial charge in [-0.05, 0) is 138 Å². The van der Waals surface area contributed by atoms with Crippen LogP contribution >= 0.6 is 0 Å². The molecule has 0 bridgehead atoms. The van der Waals surface area contributed by atoms with E-state index in [9.17, 15) is 4.79 Å². The molecule has 2 saturated carbocycles. The van der Waals surface area contributed by atoms with Crippen LogP contribution in [-0.2, 0) is 4.79 Å². The lowest BCUT2D eigenvalue weighted by atomic mass is 9.64. The smallest absolute Gasteiger partial charge is 0.130 e. The van der Waals surface area contributed by atoms with Gasteiger partial charge in [0.1, 0.15) is 5.78 Å². The molecule has 0 aromatic heterocycles. The average molecular weight is 1070 g/mol. The Bertz CT molecular complexity index is 1550. The van der Waals surface area contributed by atoms with Crippen molar-refractivity contribution in [1.29, 1.82) is 0 Å². The molecule has 2 aliphatic carbocycles. The summed E-state index contributed by atoms with van der Waals surface area (Å²) in [6.45, 7) is 70.6. The molecule has 0 heterocycles. The van der Waals surface area contributed by atoms with Gasteiger partial charge >= 0.3 is 0 Å². The molecule has 0 spiro atoms. The Labute approximate surface area is 488 Å². The van der Waals surface area contributed by atoms with E-state index in [1.807, 2.05) is 27.7 Å². The van der Waals surface area contributed by atoms with Crippen LogP contribution in [0.1, 0.15) is 286 Å². The van der Waals surface area contributed by atoms with Crippen LogP contribution in [0.2, 0.25) is 0 Å². The molecule has 0 aromatic carbocycles. The summed E-state index contributed by atoms with van der Waals surface area (Å²) in [6.07, 6.45) is 49.6. The fourth-order valence-electron chi connectivity index (χ4n) is 10.2. The van der Waals surface area contributed by atoms with Crippen molar-refractivity contribution in [2.24, 2.45) is 58.7 Å². The molecule has 2 aliphatic rings. The second kappa shape index (κ2) is 57.5. The summed E-state index contributed by atoms with van der Waals surface area (Å²) >= 11 is 0. The van der Waals surface area contributed by atoms with Crippen molar-refractivity contribution in [2.45, 2.75) is 286 Å². The van der Waals surface area contributed by atoms with Crippen molar-refractivity contribution in [1.82, 2.24) is 0 Å². The first-order valence-corrected chi connectivity index (χ1v) is 31.8. The number of hydrogen-bond acceptors (Lipinski definition) is 1. The fraction of sp³-hybridized carbons (Fsp3) is 0.697. The molecule has 10 atom stereocenters. The Morgan fingerprint density at radius 2 is 1.25 bits per heavy atom. The lowest BCUT2D eigenvalue weighted by molar-refractivity contribution is -0.121. The summed E-state index contributed by atoms with van der Waals surface area (Å²) in [7, 11) is 0. The number of allylic oxidation sites excluding steroid dienone is 13. The molecule has 0 N–H and O–H groups in total. The summed E-state index contributed by atoms with van der Waals surface area (Å²) in [5.74, 6) is 5.55. The molecule has 2 fully saturated rings. The third-order valence-corrected chi connectivity index (χ3v) is 16.4. The molecule has 0 radical (unpaired) electrons. The summed E-state index contributed by atoms with van der Waals surface area (Å²) in [5.41, 5.74) is 7.06. The number of carbonyl (C=O) groups excluding carboxylic acids is 1. The fourth-order valence-corrected chi connectivity index (χ4v) is 10.2. The van der Waals surface area contributed by atoms with Gasteiger partial charge in [-0.3, -0.25) is 0 Å². The van der Waals surface area contributed by atoms with Crippen molar-refractivity contribution >= 4 is 5.78 Å². The molecule has 10 unspecified atom stereocenters. The zero-order valence-corrected chi connectivity index (χ0v) is 54.8. The van der Waals surface area contributed by atoms with Gasteiger partial charge in [0, 0.05) is 12.3 Å². The Morgan fingerprint density at radius 1 is 0.662 bits per heavy atom. The van der Waals surface area contributed by atoms with Crippen molar-refractivity contribution in [3.05, 3.63) is 136 Å². The lowest BCUT2D eigenvalue weighted by Gasteiger charge is -2.40. The van der Waals surface area contributed by atoms with Gasteiger partial charge in [0.15, 0.2) is 0 Å². The highest BCUT2D eigenvalue weighted by Gasteiger charge is 2.36. The number of carbonyl (C=O) groups is 1. The normalized spacial score (nSPS) is 18.2. The molecule has 450 valence electrons. The first-order valence-electron chi connectivity index (χ1n) is 31.8. The van der Waals surface area contributed by atoms with E-state index in [1.54, 1.807) is 6.92 Å². The maximum Gasteiger partial charge on any atom is 0.130 e. The zero-order chi connectivity index (χ0) is 59.5. The Balaban J connectivity index is -0.000000460. The van der Waals surface area contributed by atoms with Crippen molar-refractivity contribution < 1.29 is 4.79 Å². The molecule has 1 nitrogen and oxygen atoms in total. The van der Waals surface area contributed by atoms with E-state index in [0.717, 1.165) is 56.3 Å². The van der Waals surface area contributed by atoms with Gasteiger partial charge in [-0.25, -0.2) is 0 Å². The van der Waals surface area contributed by atoms with Crippen LogP contribution in [0.4, 0.5) is 0 Å². The van der Waals surface area contributed by atoms with Crippen molar-refractivity contribution in [3.63, 3.8) is 0 Å². The zero-order valence-electron chi connectivity index (χ0n) is 54.8. The minimum atomic E-state index is 0. The molecule has 0 aromatic rings. The third kappa shape index (κ3) is 46.3. The predicted molar refractivity (Wildman–Crippen MR) is 362 cm³/mol. The number of rotatable bonds is 35.